The van der Waals surface area contributed by atoms with Gasteiger partial charge in [-0.3, -0.25) is 4.79 Å². The number of amides is 1. The lowest BCUT2D eigenvalue weighted by molar-refractivity contribution is -0.122. The first-order chi connectivity index (χ1) is 7.45. The zero-order valence-corrected chi connectivity index (χ0v) is 9.97. The SMILES string of the molecule is C#CC#CCCCCC(=O)NCC(C)(C)O. The van der Waals surface area contributed by atoms with Crippen LogP contribution < -0.4 is 5.32 Å². The summed E-state index contributed by atoms with van der Waals surface area (Å²) in [6.07, 6.45) is 7.81. The van der Waals surface area contributed by atoms with Crippen molar-refractivity contribution in [3.8, 4) is 24.2 Å². The van der Waals surface area contributed by atoms with Crippen LogP contribution in [0.5, 0.6) is 0 Å². The van der Waals surface area contributed by atoms with Crippen molar-refractivity contribution in [1.29, 1.82) is 0 Å². The number of terminal acetylenes is 1. The quantitative estimate of drug-likeness (QED) is 0.520. The van der Waals surface area contributed by atoms with Crippen LogP contribution in [0.4, 0.5) is 0 Å². The van der Waals surface area contributed by atoms with Gasteiger partial charge in [-0.05, 0) is 38.5 Å². The summed E-state index contributed by atoms with van der Waals surface area (Å²) in [5.41, 5.74) is -0.853. The van der Waals surface area contributed by atoms with Gasteiger partial charge in [0.1, 0.15) is 0 Å². The lowest BCUT2D eigenvalue weighted by Gasteiger charge is -2.17. The number of carbonyl (C=O) groups is 1. The van der Waals surface area contributed by atoms with Crippen LogP contribution in [0, 0.1) is 24.2 Å². The van der Waals surface area contributed by atoms with Gasteiger partial charge in [-0.2, -0.15) is 0 Å². The molecule has 0 aliphatic carbocycles. The van der Waals surface area contributed by atoms with Crippen LogP contribution >= 0.6 is 0 Å². The lowest BCUT2D eigenvalue weighted by atomic mass is 10.1. The summed E-state index contributed by atoms with van der Waals surface area (Å²) >= 11 is 0. The van der Waals surface area contributed by atoms with Crippen molar-refractivity contribution in [2.24, 2.45) is 0 Å². The Labute approximate surface area is 97.6 Å². The third-order valence-corrected chi connectivity index (χ3v) is 1.83. The Morgan fingerprint density at radius 3 is 2.69 bits per heavy atom. The van der Waals surface area contributed by atoms with Gasteiger partial charge in [0.2, 0.25) is 5.91 Å². The van der Waals surface area contributed by atoms with Crippen molar-refractivity contribution >= 4 is 5.91 Å². The van der Waals surface area contributed by atoms with Crippen LogP contribution in [0.3, 0.4) is 0 Å². The monoisotopic (exact) mass is 221 g/mol. The van der Waals surface area contributed by atoms with Crippen LogP contribution in [0.15, 0.2) is 0 Å². The standard InChI is InChI=1S/C13H19NO2/c1-4-5-6-7-8-9-10-12(15)14-11-13(2,3)16/h1,16H,7-11H2,2-3H3,(H,14,15). The van der Waals surface area contributed by atoms with Crippen LogP contribution in [0.1, 0.15) is 39.5 Å². The minimum Gasteiger partial charge on any atom is -0.389 e. The first kappa shape index (κ1) is 14.6. The fourth-order valence-electron chi connectivity index (χ4n) is 1.02. The maximum absolute atomic E-state index is 11.3. The molecule has 0 heterocycles. The summed E-state index contributed by atoms with van der Waals surface area (Å²) in [5, 5.41) is 12.1. The molecule has 0 bridgehead atoms. The Morgan fingerprint density at radius 1 is 1.44 bits per heavy atom. The third-order valence-electron chi connectivity index (χ3n) is 1.83. The van der Waals surface area contributed by atoms with Crippen LogP contribution in [0.2, 0.25) is 0 Å². The van der Waals surface area contributed by atoms with Crippen LogP contribution in [-0.2, 0) is 4.79 Å². The minimum atomic E-state index is -0.853. The molecule has 0 aliphatic rings. The van der Waals surface area contributed by atoms with Gasteiger partial charge in [0.05, 0.1) is 5.60 Å². The summed E-state index contributed by atoms with van der Waals surface area (Å²) in [4.78, 5) is 11.3. The maximum atomic E-state index is 11.3. The molecule has 88 valence electrons. The lowest BCUT2D eigenvalue weighted by Crippen LogP contribution is -2.38. The Morgan fingerprint density at radius 2 is 2.12 bits per heavy atom. The molecule has 3 nitrogen and oxygen atoms in total. The number of hydrogen-bond acceptors (Lipinski definition) is 2. The molecule has 3 heteroatoms. The van der Waals surface area contributed by atoms with Crippen molar-refractivity contribution in [2.75, 3.05) is 6.54 Å². The van der Waals surface area contributed by atoms with Crippen molar-refractivity contribution in [1.82, 2.24) is 5.32 Å². The first-order valence-corrected chi connectivity index (χ1v) is 5.38. The largest absolute Gasteiger partial charge is 0.389 e. The molecule has 0 aromatic rings. The summed E-state index contributed by atoms with van der Waals surface area (Å²) < 4.78 is 0. The molecule has 0 rings (SSSR count). The minimum absolute atomic E-state index is 0.0352. The van der Waals surface area contributed by atoms with Gasteiger partial charge in [-0.1, -0.05) is 5.92 Å². The van der Waals surface area contributed by atoms with E-state index in [4.69, 9.17) is 6.42 Å². The van der Waals surface area contributed by atoms with E-state index < -0.39 is 5.60 Å². The fourth-order valence-corrected chi connectivity index (χ4v) is 1.02. The van der Waals surface area contributed by atoms with Gasteiger partial charge in [-0.15, -0.1) is 6.42 Å². The molecule has 0 saturated heterocycles. The number of hydrogen-bond donors (Lipinski definition) is 2. The molecule has 0 atom stereocenters. The number of carbonyl (C=O) groups excluding carboxylic acids is 1. The molecule has 0 aromatic heterocycles. The second kappa shape index (κ2) is 7.79. The summed E-state index contributed by atoms with van der Waals surface area (Å²) in [6.45, 7) is 3.59. The number of unbranched alkanes of at least 4 members (excludes halogenated alkanes) is 2. The van der Waals surface area contributed by atoms with Crippen molar-refractivity contribution in [2.45, 2.75) is 45.1 Å². The average molecular weight is 221 g/mol. The Balaban J connectivity index is 3.49. The van der Waals surface area contributed by atoms with Crippen molar-refractivity contribution in [3.63, 3.8) is 0 Å². The number of rotatable bonds is 6. The zero-order chi connectivity index (χ0) is 12.4. The molecule has 0 saturated carbocycles. The molecular weight excluding hydrogens is 202 g/mol. The molecule has 2 N–H and O–H groups in total. The zero-order valence-electron chi connectivity index (χ0n) is 9.97. The van der Waals surface area contributed by atoms with Gasteiger partial charge in [0.25, 0.3) is 0 Å². The van der Waals surface area contributed by atoms with E-state index in [1.54, 1.807) is 13.8 Å². The molecule has 0 spiro atoms. The number of aliphatic hydroxyl groups is 1. The Kier molecular flexibility index (Phi) is 7.09. The normalized spacial score (nSPS) is 9.88. The van der Waals surface area contributed by atoms with Gasteiger partial charge in [-0.25, -0.2) is 0 Å². The van der Waals surface area contributed by atoms with Gasteiger partial charge >= 0.3 is 0 Å². The molecular formula is C13H19NO2. The first-order valence-electron chi connectivity index (χ1n) is 5.38. The van der Waals surface area contributed by atoms with Crippen LogP contribution in [-0.4, -0.2) is 23.2 Å². The Hall–Kier alpha value is -1.45. The highest BCUT2D eigenvalue weighted by Gasteiger charge is 2.13. The summed E-state index contributed by atoms with van der Waals surface area (Å²) in [6, 6.07) is 0. The van der Waals surface area contributed by atoms with E-state index in [9.17, 15) is 9.90 Å². The van der Waals surface area contributed by atoms with Crippen molar-refractivity contribution < 1.29 is 9.90 Å². The molecule has 0 aromatic carbocycles. The summed E-state index contributed by atoms with van der Waals surface area (Å²) in [5.74, 6) is 7.53. The molecule has 0 unspecified atom stereocenters. The highest BCUT2D eigenvalue weighted by atomic mass is 16.3. The van der Waals surface area contributed by atoms with E-state index in [1.807, 2.05) is 0 Å². The highest BCUT2D eigenvalue weighted by Crippen LogP contribution is 2.01. The van der Waals surface area contributed by atoms with Crippen molar-refractivity contribution in [3.05, 3.63) is 0 Å². The van der Waals surface area contributed by atoms with E-state index in [0.29, 0.717) is 6.42 Å². The molecule has 0 aliphatic heterocycles. The van der Waals surface area contributed by atoms with Gasteiger partial charge < -0.3 is 10.4 Å². The molecule has 1 amide bonds. The summed E-state index contributed by atoms with van der Waals surface area (Å²) in [7, 11) is 0. The predicted molar refractivity (Wildman–Crippen MR) is 64.4 cm³/mol. The Bertz CT molecular complexity index is 310. The average Bonchev–Trinajstić information content (AvgIpc) is 2.19. The fraction of sp³-hybridized carbons (Fsp3) is 0.615. The predicted octanol–water partition coefficient (Wildman–Crippen LogP) is 1.07. The van der Waals surface area contributed by atoms with E-state index >= 15 is 0 Å². The van der Waals surface area contributed by atoms with Gasteiger partial charge in [0.15, 0.2) is 0 Å². The number of nitrogens with one attached hydrogen (secondary N) is 1. The molecule has 0 radical (unpaired) electrons. The molecule has 0 fully saturated rings. The van der Waals surface area contributed by atoms with Crippen LogP contribution in [0.25, 0.3) is 0 Å². The second-order valence-electron chi connectivity index (χ2n) is 4.24. The van der Waals surface area contributed by atoms with E-state index in [0.717, 1.165) is 19.3 Å². The third kappa shape index (κ3) is 10.6. The van der Waals surface area contributed by atoms with E-state index in [-0.39, 0.29) is 12.5 Å². The maximum Gasteiger partial charge on any atom is 0.220 e. The van der Waals surface area contributed by atoms with E-state index in [2.05, 4.69) is 23.1 Å². The smallest absolute Gasteiger partial charge is 0.220 e. The van der Waals surface area contributed by atoms with E-state index in [1.165, 1.54) is 0 Å². The highest BCUT2D eigenvalue weighted by molar-refractivity contribution is 5.75. The second-order valence-corrected chi connectivity index (χ2v) is 4.24. The molecule has 16 heavy (non-hydrogen) atoms. The van der Waals surface area contributed by atoms with Gasteiger partial charge in [0, 0.05) is 19.4 Å². The topological polar surface area (TPSA) is 49.3 Å².